The number of rotatable bonds is 3. The molecule has 0 N–H and O–H groups in total. The van der Waals surface area contributed by atoms with Gasteiger partial charge in [-0.15, -0.1) is 0 Å². The molecule has 0 fully saturated rings. The van der Waals surface area contributed by atoms with Gasteiger partial charge in [0.05, 0.1) is 30.4 Å². The number of hydrogen-bond donors (Lipinski definition) is 0. The summed E-state index contributed by atoms with van der Waals surface area (Å²) in [6.45, 7) is 0. The topological polar surface area (TPSA) is 63.0 Å². The molecule has 0 saturated carbocycles. The van der Waals surface area contributed by atoms with E-state index in [1.54, 1.807) is 28.7 Å². The molecule has 17 heavy (non-hydrogen) atoms. The van der Waals surface area contributed by atoms with Crippen LogP contribution < -0.4 is 0 Å². The van der Waals surface area contributed by atoms with Crippen LogP contribution in [0.25, 0.3) is 0 Å². The highest BCUT2D eigenvalue weighted by Gasteiger charge is 2.22. The van der Waals surface area contributed by atoms with E-state index in [2.05, 4.69) is 9.72 Å². The Morgan fingerprint density at radius 3 is 2.82 bits per heavy atom. The van der Waals surface area contributed by atoms with Crippen molar-refractivity contribution in [3.63, 3.8) is 0 Å². The average Bonchev–Trinajstić information content (AvgIpc) is 2.30. The molecule has 0 spiro atoms. The molecule has 0 radical (unpaired) electrons. The van der Waals surface area contributed by atoms with E-state index in [9.17, 15) is 13.6 Å². The highest BCUT2D eigenvalue weighted by atomic mass is 127. The average molecular weight is 352 g/mol. The summed E-state index contributed by atoms with van der Waals surface area (Å²) in [7, 11) is 1.18. The van der Waals surface area contributed by atoms with Crippen LogP contribution in [0.1, 0.15) is 23.2 Å². The second kappa shape index (κ2) is 5.86. The maximum absolute atomic E-state index is 12.8. The predicted molar refractivity (Wildman–Crippen MR) is 62.3 cm³/mol. The number of carbonyl (C=O) groups excluding carboxylic acids is 1. The number of nitriles is 1. The number of methoxy groups -OCH3 is 1. The first-order valence-electron chi connectivity index (χ1n) is 4.43. The van der Waals surface area contributed by atoms with E-state index in [4.69, 9.17) is 5.26 Å². The van der Waals surface area contributed by atoms with Crippen molar-refractivity contribution in [3.05, 3.63) is 26.6 Å². The lowest BCUT2D eigenvalue weighted by Crippen LogP contribution is -2.10. The van der Waals surface area contributed by atoms with Gasteiger partial charge in [-0.3, -0.25) is 9.78 Å². The van der Waals surface area contributed by atoms with Crippen molar-refractivity contribution in [2.75, 3.05) is 7.11 Å². The minimum Gasteiger partial charge on any atom is -0.469 e. The molecule has 1 heterocycles. The molecule has 0 saturated heterocycles. The van der Waals surface area contributed by atoms with Gasteiger partial charge in [0.15, 0.2) is 0 Å². The molecule has 0 aliphatic rings. The Morgan fingerprint density at radius 1 is 1.71 bits per heavy atom. The lowest BCUT2D eigenvalue weighted by atomic mass is 10.1. The van der Waals surface area contributed by atoms with Crippen LogP contribution in [0.3, 0.4) is 0 Å². The van der Waals surface area contributed by atoms with Crippen LogP contribution in [0, 0.1) is 14.9 Å². The minimum atomic E-state index is -2.78. The first kappa shape index (κ1) is 13.8. The quantitative estimate of drug-likeness (QED) is 0.618. The Bertz CT molecular complexity index is 486. The number of esters is 1. The maximum Gasteiger partial charge on any atom is 0.311 e. The minimum absolute atomic E-state index is 0.00932. The fourth-order valence-electron chi connectivity index (χ4n) is 1.22. The van der Waals surface area contributed by atoms with Crippen LogP contribution in [0.15, 0.2) is 6.20 Å². The number of hydrogen-bond acceptors (Lipinski definition) is 4. The summed E-state index contributed by atoms with van der Waals surface area (Å²) >= 11 is 1.67. The molecule has 90 valence electrons. The fraction of sp³-hybridized carbons (Fsp3) is 0.300. The first-order valence-corrected chi connectivity index (χ1v) is 5.51. The van der Waals surface area contributed by atoms with E-state index in [0.29, 0.717) is 0 Å². The van der Waals surface area contributed by atoms with Crippen LogP contribution in [-0.2, 0) is 16.0 Å². The van der Waals surface area contributed by atoms with E-state index in [-0.39, 0.29) is 26.8 Å². The van der Waals surface area contributed by atoms with Crippen LogP contribution in [0.4, 0.5) is 8.78 Å². The number of alkyl halides is 2. The van der Waals surface area contributed by atoms with Crippen molar-refractivity contribution >= 4 is 28.6 Å². The fourth-order valence-corrected chi connectivity index (χ4v) is 1.87. The summed E-state index contributed by atoms with van der Waals surface area (Å²) in [5, 5.41) is 8.88. The van der Waals surface area contributed by atoms with Gasteiger partial charge in [0.1, 0.15) is 6.07 Å². The smallest absolute Gasteiger partial charge is 0.311 e. The van der Waals surface area contributed by atoms with Gasteiger partial charge in [-0.25, -0.2) is 8.78 Å². The third-order valence-electron chi connectivity index (χ3n) is 2.02. The van der Waals surface area contributed by atoms with Gasteiger partial charge >= 0.3 is 5.97 Å². The molecule has 1 rings (SSSR count). The predicted octanol–water partition coefficient (Wildman–Crippen LogP) is 2.21. The molecule has 1 aromatic rings. The number of nitrogens with zero attached hydrogens (tertiary/aromatic N) is 2. The van der Waals surface area contributed by atoms with Gasteiger partial charge in [-0.1, -0.05) is 0 Å². The van der Waals surface area contributed by atoms with Crippen molar-refractivity contribution in [2.24, 2.45) is 0 Å². The zero-order chi connectivity index (χ0) is 13.0. The molecule has 4 nitrogen and oxygen atoms in total. The third kappa shape index (κ3) is 3.09. The van der Waals surface area contributed by atoms with E-state index < -0.39 is 12.4 Å². The van der Waals surface area contributed by atoms with Crippen LogP contribution in [-0.4, -0.2) is 18.1 Å². The van der Waals surface area contributed by atoms with Crippen LogP contribution in [0.5, 0.6) is 0 Å². The molecule has 0 unspecified atom stereocenters. The van der Waals surface area contributed by atoms with Gasteiger partial charge in [-0.2, -0.15) is 5.26 Å². The lowest BCUT2D eigenvalue weighted by molar-refractivity contribution is -0.139. The lowest BCUT2D eigenvalue weighted by Gasteiger charge is -2.09. The molecule has 7 heteroatoms. The van der Waals surface area contributed by atoms with Gasteiger partial charge in [0.2, 0.25) is 0 Å². The Labute approximate surface area is 110 Å². The van der Waals surface area contributed by atoms with Crippen LogP contribution >= 0.6 is 22.6 Å². The summed E-state index contributed by atoms with van der Waals surface area (Å²) in [5.74, 6) is -0.629. The van der Waals surface area contributed by atoms with Gasteiger partial charge in [-0.05, 0) is 22.6 Å². The third-order valence-corrected chi connectivity index (χ3v) is 2.88. The molecule has 1 aromatic heterocycles. The Morgan fingerprint density at radius 2 is 2.35 bits per heavy atom. The SMILES string of the molecule is COC(=O)Cc1ncc(I)c(C(F)F)c1C#N. The number of carbonyl (C=O) groups is 1. The molecule has 0 bridgehead atoms. The van der Waals surface area contributed by atoms with E-state index >= 15 is 0 Å². The van der Waals surface area contributed by atoms with Gasteiger partial charge < -0.3 is 4.74 Å². The molecular formula is C10H7F2IN2O2. The van der Waals surface area contributed by atoms with Crippen molar-refractivity contribution in [1.29, 1.82) is 5.26 Å². The largest absolute Gasteiger partial charge is 0.469 e. The molecule has 0 aliphatic heterocycles. The Hall–Kier alpha value is -1.30. The molecule has 0 amide bonds. The number of pyridine rings is 1. The standard InChI is InChI=1S/C10H7F2IN2O2/c1-17-8(16)2-7-5(3-14)9(10(11)12)6(13)4-15-7/h4,10H,2H2,1H3. The normalized spacial score (nSPS) is 10.1. The Kier molecular flexibility index (Phi) is 4.74. The summed E-state index contributed by atoms with van der Waals surface area (Å²) in [4.78, 5) is 14.9. The monoisotopic (exact) mass is 352 g/mol. The summed E-state index contributed by atoms with van der Waals surface area (Å²) < 4.78 is 30.2. The second-order valence-corrected chi connectivity index (χ2v) is 4.17. The molecule has 0 aliphatic carbocycles. The maximum atomic E-state index is 12.8. The second-order valence-electron chi connectivity index (χ2n) is 3.01. The zero-order valence-corrected chi connectivity index (χ0v) is 10.9. The highest BCUT2D eigenvalue weighted by Crippen LogP contribution is 2.28. The Balaban J connectivity index is 3.29. The number of halogens is 3. The van der Waals surface area contributed by atoms with Crippen molar-refractivity contribution < 1.29 is 18.3 Å². The molecule has 0 aromatic carbocycles. The van der Waals surface area contributed by atoms with Crippen molar-refractivity contribution in [2.45, 2.75) is 12.8 Å². The first-order chi connectivity index (χ1) is 8.01. The van der Waals surface area contributed by atoms with Crippen molar-refractivity contribution in [3.8, 4) is 6.07 Å². The summed E-state index contributed by atoms with van der Waals surface area (Å²) in [6, 6.07) is 1.66. The van der Waals surface area contributed by atoms with E-state index in [1.165, 1.54) is 13.3 Å². The van der Waals surface area contributed by atoms with Gasteiger partial charge in [0.25, 0.3) is 6.43 Å². The summed E-state index contributed by atoms with van der Waals surface area (Å²) in [5.41, 5.74) is -0.630. The highest BCUT2D eigenvalue weighted by molar-refractivity contribution is 14.1. The van der Waals surface area contributed by atoms with Crippen molar-refractivity contribution in [1.82, 2.24) is 4.98 Å². The van der Waals surface area contributed by atoms with E-state index in [0.717, 1.165) is 0 Å². The molecular weight excluding hydrogens is 345 g/mol. The van der Waals surface area contributed by atoms with Gasteiger partial charge in [0, 0.05) is 9.77 Å². The molecule has 0 atom stereocenters. The number of ether oxygens (including phenoxy) is 1. The zero-order valence-electron chi connectivity index (χ0n) is 8.71. The summed E-state index contributed by atoms with van der Waals surface area (Å²) in [6.07, 6.45) is -1.87. The van der Waals surface area contributed by atoms with E-state index in [1.807, 2.05) is 0 Å². The number of aromatic nitrogens is 1. The van der Waals surface area contributed by atoms with Crippen LogP contribution in [0.2, 0.25) is 0 Å².